The Kier molecular flexibility index (Phi) is 5.30. The number of nitrogens with zero attached hydrogens (tertiary/aromatic N) is 1. The highest BCUT2D eigenvalue weighted by Crippen LogP contribution is 2.16. The van der Waals surface area contributed by atoms with Gasteiger partial charge < -0.3 is 15.6 Å². The van der Waals surface area contributed by atoms with Crippen LogP contribution >= 0.6 is 12.2 Å². The maximum Gasteiger partial charge on any atom is 0.226 e. The third kappa shape index (κ3) is 4.36. The van der Waals surface area contributed by atoms with E-state index in [9.17, 15) is 4.79 Å². The second kappa shape index (κ2) is 7.81. The molecular weight excluding hydrogens is 332 g/mol. The quantitative estimate of drug-likeness (QED) is 0.580. The number of aromatic amines is 1. The highest BCUT2D eigenvalue weighted by Gasteiger charge is 2.05. The van der Waals surface area contributed by atoms with E-state index in [2.05, 4.69) is 15.6 Å². The molecule has 0 bridgehead atoms. The normalized spacial score (nSPS) is 10.4. The molecule has 3 aromatic rings. The van der Waals surface area contributed by atoms with Gasteiger partial charge in [-0.05, 0) is 49.0 Å². The van der Waals surface area contributed by atoms with E-state index >= 15 is 0 Å². The number of para-hydroxylation sites is 1. The summed E-state index contributed by atoms with van der Waals surface area (Å²) in [5.41, 5.74) is 3.88. The van der Waals surface area contributed by atoms with Gasteiger partial charge in [0.2, 0.25) is 5.91 Å². The molecule has 6 heteroatoms. The van der Waals surface area contributed by atoms with Gasteiger partial charge in [0.25, 0.3) is 0 Å². The van der Waals surface area contributed by atoms with Gasteiger partial charge in [-0.25, -0.2) is 0 Å². The molecule has 0 aliphatic carbocycles. The molecule has 2 aromatic carbocycles. The van der Waals surface area contributed by atoms with Gasteiger partial charge in [-0.3, -0.25) is 9.36 Å². The molecule has 0 aliphatic rings. The van der Waals surface area contributed by atoms with E-state index in [-0.39, 0.29) is 5.91 Å². The number of H-pyrrole nitrogens is 1. The molecule has 0 spiro atoms. The van der Waals surface area contributed by atoms with Crippen LogP contribution < -0.4 is 10.6 Å². The lowest BCUT2D eigenvalue weighted by atomic mass is 10.2. The monoisotopic (exact) mass is 352 g/mol. The van der Waals surface area contributed by atoms with E-state index in [0.29, 0.717) is 17.7 Å². The van der Waals surface area contributed by atoms with Crippen molar-refractivity contribution >= 4 is 29.5 Å². The number of hydrogen-bond donors (Lipinski definition) is 3. The number of amides is 1. The van der Waals surface area contributed by atoms with Crippen molar-refractivity contribution in [1.82, 2.24) is 9.55 Å². The molecule has 3 N–H and O–H groups in total. The average molecular weight is 352 g/mol. The zero-order chi connectivity index (χ0) is 17.6. The first-order valence-corrected chi connectivity index (χ1v) is 8.50. The summed E-state index contributed by atoms with van der Waals surface area (Å²) < 4.78 is 2.47. The molecule has 1 amide bonds. The van der Waals surface area contributed by atoms with Crippen molar-refractivity contribution < 1.29 is 4.79 Å². The Morgan fingerprint density at radius 2 is 2.04 bits per heavy atom. The van der Waals surface area contributed by atoms with E-state index in [0.717, 1.165) is 17.1 Å². The van der Waals surface area contributed by atoms with Crippen LogP contribution in [-0.4, -0.2) is 22.0 Å². The topological polar surface area (TPSA) is 61.9 Å². The highest BCUT2D eigenvalue weighted by atomic mass is 32.1. The minimum absolute atomic E-state index is 0.0316. The van der Waals surface area contributed by atoms with Crippen molar-refractivity contribution in [3.8, 4) is 5.69 Å². The van der Waals surface area contributed by atoms with Crippen LogP contribution in [-0.2, 0) is 4.79 Å². The molecule has 0 saturated carbocycles. The van der Waals surface area contributed by atoms with E-state index in [1.165, 1.54) is 5.56 Å². The van der Waals surface area contributed by atoms with Crippen LogP contribution in [0.25, 0.3) is 5.69 Å². The predicted molar refractivity (Wildman–Crippen MR) is 104 cm³/mol. The van der Waals surface area contributed by atoms with Crippen molar-refractivity contribution in [1.29, 1.82) is 0 Å². The van der Waals surface area contributed by atoms with Gasteiger partial charge in [0.15, 0.2) is 4.77 Å². The Hall–Kier alpha value is -2.86. The third-order valence-electron chi connectivity index (χ3n) is 3.87. The summed E-state index contributed by atoms with van der Waals surface area (Å²) in [5.74, 6) is -0.0316. The van der Waals surface area contributed by atoms with Gasteiger partial charge in [0, 0.05) is 42.4 Å². The Balaban J connectivity index is 1.57. The van der Waals surface area contributed by atoms with Crippen molar-refractivity contribution in [2.75, 3.05) is 17.2 Å². The molecule has 1 heterocycles. The number of hydrogen-bond acceptors (Lipinski definition) is 3. The van der Waals surface area contributed by atoms with Crippen molar-refractivity contribution in [2.45, 2.75) is 13.3 Å². The molecule has 3 rings (SSSR count). The molecule has 0 atom stereocenters. The van der Waals surface area contributed by atoms with Crippen LogP contribution in [0.2, 0.25) is 0 Å². The van der Waals surface area contributed by atoms with E-state index < -0.39 is 0 Å². The van der Waals surface area contributed by atoms with Gasteiger partial charge in [-0.1, -0.05) is 24.3 Å². The van der Waals surface area contributed by atoms with Gasteiger partial charge in [0.1, 0.15) is 0 Å². The average Bonchev–Trinajstić information content (AvgIpc) is 3.03. The predicted octanol–water partition coefficient (Wildman–Crippen LogP) is 4.28. The standard InChI is InChI=1S/C19H20N4OS/c1-14-5-2-3-8-17(14)20-10-9-18(24)22-15-6-4-7-16(13-15)23-12-11-21-19(23)25/h2-8,11-13,20H,9-10H2,1H3,(H,21,25)(H,22,24). The molecule has 128 valence electrons. The molecule has 0 radical (unpaired) electrons. The fourth-order valence-corrected chi connectivity index (χ4v) is 2.80. The minimum Gasteiger partial charge on any atom is -0.384 e. The molecule has 0 saturated heterocycles. The summed E-state index contributed by atoms with van der Waals surface area (Å²) in [6.45, 7) is 2.62. The third-order valence-corrected chi connectivity index (χ3v) is 4.18. The van der Waals surface area contributed by atoms with Crippen LogP contribution in [0.1, 0.15) is 12.0 Å². The van der Waals surface area contributed by atoms with Gasteiger partial charge in [0.05, 0.1) is 0 Å². The number of carbonyl (C=O) groups is 1. The highest BCUT2D eigenvalue weighted by molar-refractivity contribution is 7.71. The molecule has 0 unspecified atom stereocenters. The fourth-order valence-electron chi connectivity index (χ4n) is 2.56. The van der Waals surface area contributed by atoms with Gasteiger partial charge >= 0.3 is 0 Å². The molecule has 0 aliphatic heterocycles. The lowest BCUT2D eigenvalue weighted by molar-refractivity contribution is -0.115. The lowest BCUT2D eigenvalue weighted by Crippen LogP contribution is -2.16. The molecular formula is C19H20N4OS. The number of rotatable bonds is 6. The number of benzene rings is 2. The van der Waals surface area contributed by atoms with Crippen molar-refractivity contribution in [2.24, 2.45) is 0 Å². The van der Waals surface area contributed by atoms with E-state index in [1.54, 1.807) is 6.20 Å². The summed E-state index contributed by atoms with van der Waals surface area (Å²) in [5, 5.41) is 6.22. The van der Waals surface area contributed by atoms with Crippen LogP contribution in [0.3, 0.4) is 0 Å². The summed E-state index contributed by atoms with van der Waals surface area (Å²) in [4.78, 5) is 15.1. The largest absolute Gasteiger partial charge is 0.384 e. The first kappa shape index (κ1) is 17.0. The Morgan fingerprint density at radius 3 is 2.80 bits per heavy atom. The number of nitrogens with one attached hydrogen (secondary N) is 3. The van der Waals surface area contributed by atoms with Crippen LogP contribution in [0.4, 0.5) is 11.4 Å². The minimum atomic E-state index is -0.0316. The molecule has 25 heavy (non-hydrogen) atoms. The first-order valence-electron chi connectivity index (χ1n) is 8.09. The SMILES string of the molecule is Cc1ccccc1NCCC(=O)Nc1cccc(-n2cc[nH]c2=S)c1. The smallest absolute Gasteiger partial charge is 0.226 e. The van der Waals surface area contributed by atoms with E-state index in [1.807, 2.05) is 66.2 Å². The van der Waals surface area contributed by atoms with E-state index in [4.69, 9.17) is 12.2 Å². The summed E-state index contributed by atoms with van der Waals surface area (Å²) in [6.07, 6.45) is 4.03. The van der Waals surface area contributed by atoms with Crippen LogP contribution in [0.15, 0.2) is 60.9 Å². The number of aryl methyl sites for hydroxylation is 1. The van der Waals surface area contributed by atoms with Crippen molar-refractivity contribution in [3.05, 3.63) is 71.3 Å². The molecule has 0 fully saturated rings. The molecule has 5 nitrogen and oxygen atoms in total. The zero-order valence-corrected chi connectivity index (χ0v) is 14.8. The maximum absolute atomic E-state index is 12.2. The van der Waals surface area contributed by atoms with Gasteiger partial charge in [-0.15, -0.1) is 0 Å². The second-order valence-electron chi connectivity index (χ2n) is 5.73. The Labute approximate surface area is 151 Å². The number of aromatic nitrogens is 2. The maximum atomic E-state index is 12.2. The zero-order valence-electron chi connectivity index (χ0n) is 14.0. The van der Waals surface area contributed by atoms with Crippen LogP contribution in [0, 0.1) is 11.7 Å². The number of carbonyl (C=O) groups excluding carboxylic acids is 1. The molecule has 1 aromatic heterocycles. The Morgan fingerprint density at radius 1 is 1.20 bits per heavy atom. The number of anilines is 2. The van der Waals surface area contributed by atoms with Crippen molar-refractivity contribution in [3.63, 3.8) is 0 Å². The Bertz CT molecular complexity index is 929. The van der Waals surface area contributed by atoms with Gasteiger partial charge in [-0.2, -0.15) is 0 Å². The summed E-state index contributed by atoms with van der Waals surface area (Å²) in [6, 6.07) is 15.6. The summed E-state index contributed by atoms with van der Waals surface area (Å²) in [7, 11) is 0. The second-order valence-corrected chi connectivity index (χ2v) is 6.11. The number of imidazole rings is 1. The summed E-state index contributed by atoms with van der Waals surface area (Å²) >= 11 is 5.22. The first-order chi connectivity index (χ1) is 12.1. The van der Waals surface area contributed by atoms with Crippen LogP contribution in [0.5, 0.6) is 0 Å². The lowest BCUT2D eigenvalue weighted by Gasteiger charge is -2.10. The fraction of sp³-hybridized carbons (Fsp3) is 0.158.